The second-order valence-corrected chi connectivity index (χ2v) is 7.90. The average Bonchev–Trinajstić information content (AvgIpc) is 2.69. The molecule has 3 rings (SSSR count). The monoisotopic (exact) mass is 367 g/mol. The van der Waals surface area contributed by atoms with Crippen LogP contribution in [0.1, 0.15) is 25.3 Å². The quantitative estimate of drug-likeness (QED) is 0.621. The molecule has 1 N–H and O–H groups in total. The Balaban J connectivity index is 1.42. The lowest BCUT2D eigenvalue weighted by atomic mass is 10.1. The van der Waals surface area contributed by atoms with Gasteiger partial charge >= 0.3 is 0 Å². The molecule has 1 heterocycles. The van der Waals surface area contributed by atoms with Gasteiger partial charge in [0.15, 0.2) is 0 Å². The second kappa shape index (κ2) is 9.55. The molecular formula is C21H25N3OS. The van der Waals surface area contributed by atoms with E-state index in [1.165, 1.54) is 5.56 Å². The topological polar surface area (TPSA) is 44.7 Å². The van der Waals surface area contributed by atoms with Crippen LogP contribution in [0.25, 0.3) is 0 Å². The number of hydrazone groups is 1. The molecule has 26 heavy (non-hydrogen) atoms. The molecule has 136 valence electrons. The summed E-state index contributed by atoms with van der Waals surface area (Å²) in [7, 11) is 0. The minimum Gasteiger partial charge on any atom is -0.298 e. The molecule has 5 heteroatoms. The molecular weight excluding hydrogens is 342 g/mol. The minimum atomic E-state index is -0.167. The van der Waals surface area contributed by atoms with E-state index >= 15 is 0 Å². The van der Waals surface area contributed by atoms with Crippen LogP contribution in [-0.4, -0.2) is 34.9 Å². The summed E-state index contributed by atoms with van der Waals surface area (Å²) in [5.74, 6) is -0.0435. The number of hydrogen-bond donors (Lipinski definition) is 1. The van der Waals surface area contributed by atoms with Crippen LogP contribution in [0.15, 0.2) is 70.7 Å². The normalized spacial score (nSPS) is 16.1. The number of likely N-dealkylation sites (tertiary alicyclic amines) is 1. The number of nitrogens with zero attached hydrogens (tertiary/aromatic N) is 2. The van der Waals surface area contributed by atoms with Gasteiger partial charge in [-0.3, -0.25) is 9.69 Å². The number of nitrogens with one attached hydrogen (secondary N) is 1. The number of carbonyl (C=O) groups excluding carboxylic acids is 1. The molecule has 1 fully saturated rings. The van der Waals surface area contributed by atoms with Gasteiger partial charge in [-0.25, -0.2) is 5.43 Å². The highest BCUT2D eigenvalue weighted by Crippen LogP contribution is 2.22. The van der Waals surface area contributed by atoms with Crippen molar-refractivity contribution in [1.29, 1.82) is 0 Å². The molecule has 2 aromatic rings. The Morgan fingerprint density at radius 1 is 1.08 bits per heavy atom. The Morgan fingerprint density at radius 2 is 1.69 bits per heavy atom. The lowest BCUT2D eigenvalue weighted by Crippen LogP contribution is -2.35. The molecule has 1 aliphatic heterocycles. The zero-order valence-corrected chi connectivity index (χ0v) is 15.9. The predicted octanol–water partition coefficient (Wildman–Crippen LogP) is 3.94. The Labute approximate surface area is 159 Å². The Hall–Kier alpha value is -2.11. The third-order valence-corrected chi connectivity index (χ3v) is 5.54. The molecule has 4 nitrogen and oxygen atoms in total. The number of amides is 1. The van der Waals surface area contributed by atoms with E-state index in [1.54, 1.807) is 11.8 Å². The fourth-order valence-corrected chi connectivity index (χ4v) is 3.79. The smallest absolute Gasteiger partial charge is 0.253 e. The highest BCUT2D eigenvalue weighted by molar-refractivity contribution is 8.00. The van der Waals surface area contributed by atoms with E-state index in [9.17, 15) is 4.79 Å². The molecule has 1 atom stereocenters. The van der Waals surface area contributed by atoms with Gasteiger partial charge in [-0.05, 0) is 24.6 Å². The van der Waals surface area contributed by atoms with Crippen molar-refractivity contribution >= 4 is 23.4 Å². The van der Waals surface area contributed by atoms with E-state index in [-0.39, 0.29) is 11.2 Å². The zero-order chi connectivity index (χ0) is 18.2. The summed E-state index contributed by atoms with van der Waals surface area (Å²) in [5, 5.41) is 4.20. The van der Waals surface area contributed by atoms with Crippen LogP contribution in [0.2, 0.25) is 0 Å². The number of carbonyl (C=O) groups is 1. The Kier molecular flexibility index (Phi) is 6.86. The average molecular weight is 368 g/mol. The third-order valence-electron chi connectivity index (χ3n) is 4.43. The van der Waals surface area contributed by atoms with Crippen molar-refractivity contribution in [3.8, 4) is 0 Å². The molecule has 0 aliphatic carbocycles. The van der Waals surface area contributed by atoms with Crippen molar-refractivity contribution < 1.29 is 4.79 Å². The van der Waals surface area contributed by atoms with Gasteiger partial charge in [0.1, 0.15) is 0 Å². The molecule has 2 aromatic carbocycles. The van der Waals surface area contributed by atoms with Crippen molar-refractivity contribution in [1.82, 2.24) is 10.3 Å². The van der Waals surface area contributed by atoms with E-state index in [2.05, 4.69) is 39.7 Å². The lowest BCUT2D eigenvalue weighted by molar-refractivity contribution is -0.120. The summed E-state index contributed by atoms with van der Waals surface area (Å²) < 4.78 is 0. The first-order valence-corrected chi connectivity index (χ1v) is 9.92. The maximum atomic E-state index is 12.2. The lowest BCUT2D eigenvalue weighted by Gasteiger charge is -2.27. The van der Waals surface area contributed by atoms with Crippen LogP contribution < -0.4 is 5.43 Å². The number of benzene rings is 2. The van der Waals surface area contributed by atoms with Crippen LogP contribution in [0, 0.1) is 0 Å². The first kappa shape index (κ1) is 18.7. The SMILES string of the molecule is C[C@@H](Sc1ccccc1)C(=O)NN=C1CCN(Cc2ccccc2)CC1. The summed E-state index contributed by atoms with van der Waals surface area (Å²) >= 11 is 1.55. The number of hydrogen-bond acceptors (Lipinski definition) is 4. The highest BCUT2D eigenvalue weighted by Gasteiger charge is 2.17. The minimum absolute atomic E-state index is 0.0435. The molecule has 0 spiro atoms. The van der Waals surface area contributed by atoms with Crippen LogP contribution >= 0.6 is 11.8 Å². The van der Waals surface area contributed by atoms with E-state index in [0.717, 1.165) is 43.1 Å². The number of piperidine rings is 1. The first-order valence-electron chi connectivity index (χ1n) is 9.04. The van der Waals surface area contributed by atoms with Gasteiger partial charge in [-0.2, -0.15) is 5.10 Å². The van der Waals surface area contributed by atoms with Crippen molar-refractivity contribution in [2.45, 2.75) is 36.5 Å². The molecule has 1 aliphatic rings. The van der Waals surface area contributed by atoms with Crippen molar-refractivity contribution in [3.63, 3.8) is 0 Å². The van der Waals surface area contributed by atoms with Crippen LogP contribution in [-0.2, 0) is 11.3 Å². The maximum absolute atomic E-state index is 12.2. The fraction of sp³-hybridized carbons (Fsp3) is 0.333. The maximum Gasteiger partial charge on any atom is 0.253 e. The summed E-state index contributed by atoms with van der Waals surface area (Å²) in [6, 6.07) is 20.5. The van der Waals surface area contributed by atoms with Crippen LogP contribution in [0.3, 0.4) is 0 Å². The Bertz CT molecular complexity index is 723. The van der Waals surface area contributed by atoms with Gasteiger partial charge in [0.05, 0.1) is 5.25 Å². The zero-order valence-electron chi connectivity index (χ0n) is 15.1. The second-order valence-electron chi connectivity index (χ2n) is 6.49. The van der Waals surface area contributed by atoms with Gasteiger partial charge in [0, 0.05) is 43.1 Å². The van der Waals surface area contributed by atoms with Crippen LogP contribution in [0.5, 0.6) is 0 Å². The van der Waals surface area contributed by atoms with Gasteiger partial charge in [-0.15, -0.1) is 11.8 Å². The summed E-state index contributed by atoms with van der Waals surface area (Å²) in [5.41, 5.74) is 5.17. The number of rotatable bonds is 6. The summed E-state index contributed by atoms with van der Waals surface area (Å²) in [4.78, 5) is 15.8. The van der Waals surface area contributed by atoms with Gasteiger partial charge < -0.3 is 0 Å². The highest BCUT2D eigenvalue weighted by atomic mass is 32.2. The fourth-order valence-electron chi connectivity index (χ4n) is 2.90. The largest absolute Gasteiger partial charge is 0.298 e. The van der Waals surface area contributed by atoms with E-state index in [4.69, 9.17) is 0 Å². The Morgan fingerprint density at radius 3 is 2.35 bits per heavy atom. The van der Waals surface area contributed by atoms with E-state index in [0.29, 0.717) is 0 Å². The van der Waals surface area contributed by atoms with Gasteiger partial charge in [-0.1, -0.05) is 48.5 Å². The molecule has 0 aromatic heterocycles. The van der Waals surface area contributed by atoms with Crippen molar-refractivity contribution in [2.24, 2.45) is 5.10 Å². The van der Waals surface area contributed by atoms with Gasteiger partial charge in [0.25, 0.3) is 5.91 Å². The van der Waals surface area contributed by atoms with Crippen molar-refractivity contribution in [2.75, 3.05) is 13.1 Å². The van der Waals surface area contributed by atoms with Crippen LogP contribution in [0.4, 0.5) is 0 Å². The molecule has 0 saturated carbocycles. The third kappa shape index (κ3) is 5.71. The molecule has 0 bridgehead atoms. The molecule has 1 amide bonds. The van der Waals surface area contributed by atoms with Crippen molar-refractivity contribution in [3.05, 3.63) is 66.2 Å². The van der Waals surface area contributed by atoms with E-state index in [1.807, 2.05) is 43.3 Å². The molecule has 0 unspecified atom stereocenters. The number of thioether (sulfide) groups is 1. The standard InChI is InChI=1S/C21H25N3OS/c1-17(26-20-10-6-3-7-11-20)21(25)23-22-19-12-14-24(15-13-19)16-18-8-4-2-5-9-18/h2-11,17H,12-16H2,1H3,(H,23,25)/t17-/m1/s1. The molecule has 1 saturated heterocycles. The van der Waals surface area contributed by atoms with Gasteiger partial charge in [0.2, 0.25) is 0 Å². The first-order chi connectivity index (χ1) is 12.7. The predicted molar refractivity (Wildman–Crippen MR) is 108 cm³/mol. The summed E-state index contributed by atoms with van der Waals surface area (Å²) in [6.45, 7) is 4.86. The van der Waals surface area contributed by atoms with E-state index < -0.39 is 0 Å². The summed E-state index contributed by atoms with van der Waals surface area (Å²) in [6.07, 6.45) is 1.82. The molecule has 0 radical (unpaired) electrons.